The molecule has 6 aromatic rings. The minimum atomic E-state index is -0.492. The van der Waals surface area contributed by atoms with E-state index in [4.69, 9.17) is 4.74 Å². The third-order valence-corrected chi connectivity index (χ3v) is 7.42. The molecule has 0 N–H and O–H groups in total. The second-order valence-corrected chi connectivity index (χ2v) is 10.0. The standard InChI is InChI=1S/C39H28O3/c1-42-39(41)37-26-33(22-23-35(37)32-19-11-17-30(25-32)28-14-6-3-7-15-28)38(40)36-21-9-8-20-34(36)31-18-10-16-29(24-31)27-12-4-2-5-13-27/h2-26H,1H3. The van der Waals surface area contributed by atoms with Crippen molar-refractivity contribution in [3.63, 3.8) is 0 Å². The van der Waals surface area contributed by atoms with Crippen LogP contribution in [0.4, 0.5) is 0 Å². The summed E-state index contributed by atoms with van der Waals surface area (Å²) in [5, 5.41) is 0. The summed E-state index contributed by atoms with van der Waals surface area (Å²) in [5.74, 6) is -0.654. The van der Waals surface area contributed by atoms with Gasteiger partial charge in [0.2, 0.25) is 0 Å². The number of esters is 1. The Morgan fingerprint density at radius 3 is 1.48 bits per heavy atom. The van der Waals surface area contributed by atoms with Gasteiger partial charge in [0.25, 0.3) is 0 Å². The van der Waals surface area contributed by atoms with Crippen LogP contribution in [0.15, 0.2) is 152 Å². The van der Waals surface area contributed by atoms with Gasteiger partial charge in [0.05, 0.1) is 12.7 Å². The Hall–Kier alpha value is -5.54. The summed E-state index contributed by atoms with van der Waals surface area (Å²) in [4.78, 5) is 27.0. The largest absolute Gasteiger partial charge is 0.465 e. The first kappa shape index (κ1) is 26.7. The molecule has 42 heavy (non-hydrogen) atoms. The zero-order chi connectivity index (χ0) is 28.9. The molecule has 0 aliphatic heterocycles. The lowest BCUT2D eigenvalue weighted by atomic mass is 9.90. The van der Waals surface area contributed by atoms with Crippen molar-refractivity contribution in [1.82, 2.24) is 0 Å². The molecule has 0 atom stereocenters. The minimum Gasteiger partial charge on any atom is -0.465 e. The van der Waals surface area contributed by atoms with E-state index < -0.39 is 5.97 Å². The van der Waals surface area contributed by atoms with E-state index in [1.165, 1.54) is 7.11 Å². The number of methoxy groups -OCH3 is 1. The normalized spacial score (nSPS) is 10.7. The molecule has 6 rings (SSSR count). The van der Waals surface area contributed by atoms with E-state index in [-0.39, 0.29) is 5.78 Å². The summed E-state index contributed by atoms with van der Waals surface area (Å²) in [5.41, 5.74) is 8.99. The fourth-order valence-electron chi connectivity index (χ4n) is 5.30. The lowest BCUT2D eigenvalue weighted by Gasteiger charge is -2.14. The Kier molecular flexibility index (Phi) is 7.56. The topological polar surface area (TPSA) is 43.4 Å². The number of rotatable bonds is 7. The highest BCUT2D eigenvalue weighted by Crippen LogP contribution is 2.33. The Bertz CT molecular complexity index is 1890. The number of ketones is 1. The fraction of sp³-hybridized carbons (Fsp3) is 0.0256. The van der Waals surface area contributed by atoms with Crippen molar-refractivity contribution >= 4 is 11.8 Å². The molecule has 3 heteroatoms. The van der Waals surface area contributed by atoms with Crippen molar-refractivity contribution in [3.05, 3.63) is 168 Å². The van der Waals surface area contributed by atoms with Gasteiger partial charge in [-0.1, -0.05) is 133 Å². The average Bonchev–Trinajstić information content (AvgIpc) is 3.08. The first-order chi connectivity index (χ1) is 20.6. The molecule has 0 aliphatic rings. The third-order valence-electron chi connectivity index (χ3n) is 7.42. The summed E-state index contributed by atoms with van der Waals surface area (Å²) >= 11 is 0. The fourth-order valence-corrected chi connectivity index (χ4v) is 5.30. The first-order valence-electron chi connectivity index (χ1n) is 13.8. The van der Waals surface area contributed by atoms with Crippen molar-refractivity contribution in [3.8, 4) is 44.5 Å². The molecule has 0 aromatic heterocycles. The highest BCUT2D eigenvalue weighted by molar-refractivity contribution is 6.14. The van der Waals surface area contributed by atoms with Crippen LogP contribution in [0.1, 0.15) is 26.3 Å². The van der Waals surface area contributed by atoms with E-state index in [0.717, 1.165) is 38.9 Å². The number of carbonyl (C=O) groups is 2. The average molecular weight is 545 g/mol. The molecular formula is C39H28O3. The lowest BCUT2D eigenvalue weighted by molar-refractivity contribution is 0.0601. The van der Waals surface area contributed by atoms with Gasteiger partial charge in [-0.15, -0.1) is 0 Å². The second kappa shape index (κ2) is 11.9. The first-order valence-corrected chi connectivity index (χ1v) is 13.8. The summed E-state index contributed by atoms with van der Waals surface area (Å²) in [7, 11) is 1.36. The van der Waals surface area contributed by atoms with Crippen molar-refractivity contribution in [2.24, 2.45) is 0 Å². The van der Waals surface area contributed by atoms with E-state index in [9.17, 15) is 9.59 Å². The lowest BCUT2D eigenvalue weighted by Crippen LogP contribution is -2.09. The summed E-state index contributed by atoms with van der Waals surface area (Å²) < 4.78 is 5.15. The zero-order valence-corrected chi connectivity index (χ0v) is 23.2. The van der Waals surface area contributed by atoms with Gasteiger partial charge in [0, 0.05) is 11.1 Å². The molecule has 0 bridgehead atoms. The Morgan fingerprint density at radius 2 is 0.905 bits per heavy atom. The van der Waals surface area contributed by atoms with Gasteiger partial charge in [-0.3, -0.25) is 4.79 Å². The van der Waals surface area contributed by atoms with Crippen LogP contribution in [0.25, 0.3) is 44.5 Å². The molecule has 202 valence electrons. The van der Waals surface area contributed by atoms with Crippen LogP contribution in [0.2, 0.25) is 0 Å². The van der Waals surface area contributed by atoms with Gasteiger partial charge in [-0.2, -0.15) is 0 Å². The molecule has 0 saturated heterocycles. The summed E-state index contributed by atoms with van der Waals surface area (Å²) in [6, 6.07) is 49.3. The molecule has 0 amide bonds. The maximum atomic E-state index is 14.0. The van der Waals surface area contributed by atoms with Crippen molar-refractivity contribution in [2.75, 3.05) is 7.11 Å². The molecule has 0 fully saturated rings. The monoisotopic (exact) mass is 544 g/mol. The molecule has 3 nitrogen and oxygen atoms in total. The number of hydrogen-bond donors (Lipinski definition) is 0. The molecule has 0 heterocycles. The smallest absolute Gasteiger partial charge is 0.338 e. The van der Waals surface area contributed by atoms with E-state index in [1.54, 1.807) is 12.1 Å². The van der Waals surface area contributed by atoms with E-state index in [0.29, 0.717) is 22.3 Å². The van der Waals surface area contributed by atoms with Crippen molar-refractivity contribution in [2.45, 2.75) is 0 Å². The number of benzene rings is 6. The van der Waals surface area contributed by atoms with Crippen LogP contribution in [-0.2, 0) is 4.74 Å². The van der Waals surface area contributed by atoms with Crippen LogP contribution in [0, 0.1) is 0 Å². The number of hydrogen-bond acceptors (Lipinski definition) is 3. The van der Waals surface area contributed by atoms with Crippen LogP contribution >= 0.6 is 0 Å². The minimum absolute atomic E-state index is 0.162. The maximum Gasteiger partial charge on any atom is 0.338 e. The van der Waals surface area contributed by atoms with Gasteiger partial charge in [0.1, 0.15) is 0 Å². The predicted octanol–water partition coefficient (Wildman–Crippen LogP) is 9.37. The second-order valence-electron chi connectivity index (χ2n) is 10.0. The molecule has 0 aliphatic carbocycles. The third kappa shape index (κ3) is 5.41. The van der Waals surface area contributed by atoms with Crippen LogP contribution < -0.4 is 0 Å². The SMILES string of the molecule is COC(=O)c1cc(C(=O)c2ccccc2-c2cccc(-c3ccccc3)c2)ccc1-c1cccc(-c2ccccc2)c1. The number of carbonyl (C=O) groups excluding carboxylic acids is 2. The molecule has 0 spiro atoms. The quantitative estimate of drug-likeness (QED) is 0.149. The zero-order valence-electron chi connectivity index (χ0n) is 23.2. The maximum absolute atomic E-state index is 14.0. The molecule has 6 aromatic carbocycles. The number of ether oxygens (including phenoxy) is 1. The van der Waals surface area contributed by atoms with Gasteiger partial charge >= 0.3 is 5.97 Å². The van der Waals surface area contributed by atoms with E-state index in [2.05, 4.69) is 36.4 Å². The Labute approximate surface area is 245 Å². The molecule has 0 radical (unpaired) electrons. The van der Waals surface area contributed by atoms with Gasteiger partial charge < -0.3 is 4.74 Å². The van der Waals surface area contributed by atoms with Crippen LogP contribution in [0.5, 0.6) is 0 Å². The summed E-state index contributed by atoms with van der Waals surface area (Å²) in [6.45, 7) is 0. The molecule has 0 saturated carbocycles. The summed E-state index contributed by atoms with van der Waals surface area (Å²) in [6.07, 6.45) is 0. The van der Waals surface area contributed by atoms with Crippen LogP contribution in [0.3, 0.4) is 0 Å². The Morgan fingerprint density at radius 1 is 0.429 bits per heavy atom. The van der Waals surface area contributed by atoms with Gasteiger partial charge in [-0.05, 0) is 62.7 Å². The highest BCUT2D eigenvalue weighted by Gasteiger charge is 2.20. The van der Waals surface area contributed by atoms with Gasteiger partial charge in [-0.25, -0.2) is 4.79 Å². The van der Waals surface area contributed by atoms with Crippen molar-refractivity contribution in [1.29, 1.82) is 0 Å². The predicted molar refractivity (Wildman–Crippen MR) is 169 cm³/mol. The van der Waals surface area contributed by atoms with Crippen LogP contribution in [-0.4, -0.2) is 18.9 Å². The van der Waals surface area contributed by atoms with E-state index >= 15 is 0 Å². The molecule has 0 unspecified atom stereocenters. The highest BCUT2D eigenvalue weighted by atomic mass is 16.5. The van der Waals surface area contributed by atoms with Gasteiger partial charge in [0.15, 0.2) is 5.78 Å². The molecular weight excluding hydrogens is 516 g/mol. The Balaban J connectivity index is 1.40. The van der Waals surface area contributed by atoms with E-state index in [1.807, 2.05) is 103 Å². The van der Waals surface area contributed by atoms with Crippen molar-refractivity contribution < 1.29 is 14.3 Å².